The predicted molar refractivity (Wildman–Crippen MR) is 131 cm³/mol. The molecule has 0 saturated heterocycles. The van der Waals surface area contributed by atoms with Crippen molar-refractivity contribution in [3.05, 3.63) is 52.5 Å². The number of hydrogen-bond donors (Lipinski definition) is 1. The van der Waals surface area contributed by atoms with Gasteiger partial charge in [0.05, 0.1) is 17.2 Å². The van der Waals surface area contributed by atoms with Crippen LogP contribution in [0.25, 0.3) is 22.8 Å². The maximum absolute atomic E-state index is 12.1. The molecule has 7 nitrogen and oxygen atoms in total. The molecule has 2 heterocycles. The summed E-state index contributed by atoms with van der Waals surface area (Å²) in [6.07, 6.45) is 0.571. The molecule has 1 aliphatic rings. The fourth-order valence-corrected chi connectivity index (χ4v) is 4.87. The van der Waals surface area contributed by atoms with Gasteiger partial charge in [-0.1, -0.05) is 55.7 Å². The number of amides is 1. The summed E-state index contributed by atoms with van der Waals surface area (Å²) in [5, 5.41) is 14.6. The van der Waals surface area contributed by atoms with E-state index in [1.54, 1.807) is 17.0 Å². The van der Waals surface area contributed by atoms with Gasteiger partial charge in [0, 0.05) is 17.7 Å². The summed E-state index contributed by atoms with van der Waals surface area (Å²) in [4.78, 5) is 18.3. The zero-order valence-corrected chi connectivity index (χ0v) is 20.9. The molecule has 1 unspecified atom stereocenters. The third-order valence-electron chi connectivity index (χ3n) is 5.92. The Morgan fingerprint density at radius 2 is 2.03 bits per heavy atom. The first-order chi connectivity index (χ1) is 16.1. The topological polar surface area (TPSA) is 88.7 Å². The van der Waals surface area contributed by atoms with Crippen molar-refractivity contribution in [1.82, 2.24) is 15.0 Å². The fourth-order valence-electron chi connectivity index (χ4n) is 4.65. The number of rotatable bonds is 4. The molecule has 1 atom stereocenters. The van der Waals surface area contributed by atoms with E-state index >= 15 is 0 Å². The van der Waals surface area contributed by atoms with Crippen molar-refractivity contribution in [2.45, 2.75) is 59.6 Å². The van der Waals surface area contributed by atoms with Crippen LogP contribution in [0.1, 0.15) is 58.2 Å². The molecule has 1 N–H and O–H groups in total. The van der Waals surface area contributed by atoms with Gasteiger partial charge in [-0.05, 0) is 61.4 Å². The first-order valence-corrected chi connectivity index (χ1v) is 11.9. The molecule has 0 saturated carbocycles. The summed E-state index contributed by atoms with van der Waals surface area (Å²) >= 11 is 6.39. The molecule has 180 valence electrons. The van der Waals surface area contributed by atoms with Gasteiger partial charge in [-0.2, -0.15) is 4.98 Å². The minimum absolute atomic E-state index is 0.0145. The average molecular weight is 484 g/mol. The summed E-state index contributed by atoms with van der Waals surface area (Å²) in [6.45, 7) is 10.6. The molecule has 0 bridgehead atoms. The predicted octanol–water partition coefficient (Wildman–Crippen LogP) is 6.86. The minimum atomic E-state index is -0.901. The van der Waals surface area contributed by atoms with Crippen molar-refractivity contribution in [1.29, 1.82) is 0 Å². The van der Waals surface area contributed by atoms with Gasteiger partial charge < -0.3 is 19.3 Å². The van der Waals surface area contributed by atoms with Gasteiger partial charge >= 0.3 is 6.09 Å². The molecule has 3 aromatic rings. The lowest BCUT2D eigenvalue weighted by Gasteiger charge is -2.38. The summed E-state index contributed by atoms with van der Waals surface area (Å²) < 4.78 is 11.3. The molecule has 0 aliphatic carbocycles. The Kier molecular flexibility index (Phi) is 6.58. The molecule has 0 fully saturated rings. The van der Waals surface area contributed by atoms with Crippen LogP contribution in [0.4, 0.5) is 4.79 Å². The molecule has 4 rings (SSSR count). The molecule has 0 spiro atoms. The van der Waals surface area contributed by atoms with E-state index < -0.39 is 6.09 Å². The molecule has 1 aromatic heterocycles. The third-order valence-corrected chi connectivity index (χ3v) is 6.21. The SMILES string of the molecule is CC(C)Oc1ccc(-c2nc(-c3cccc4c3CCCN(C(=O)O)C4C(C)(C)C)no2)cc1Cl. The van der Waals surface area contributed by atoms with E-state index in [2.05, 4.69) is 30.9 Å². The summed E-state index contributed by atoms with van der Waals surface area (Å²) in [5.74, 6) is 1.44. The lowest BCUT2D eigenvalue weighted by molar-refractivity contribution is 0.0837. The van der Waals surface area contributed by atoms with Gasteiger partial charge in [0.25, 0.3) is 5.89 Å². The van der Waals surface area contributed by atoms with Gasteiger partial charge in [0.1, 0.15) is 5.75 Å². The molecule has 34 heavy (non-hydrogen) atoms. The van der Waals surface area contributed by atoms with Gasteiger partial charge in [-0.15, -0.1) is 0 Å². The van der Waals surface area contributed by atoms with Gasteiger partial charge in [0.2, 0.25) is 5.82 Å². The van der Waals surface area contributed by atoms with E-state index in [0.29, 0.717) is 34.6 Å². The largest absolute Gasteiger partial charge is 0.489 e. The molecule has 1 amide bonds. The second-order valence-electron chi connectivity index (χ2n) is 9.96. The second kappa shape index (κ2) is 9.29. The van der Waals surface area contributed by atoms with E-state index in [0.717, 1.165) is 29.5 Å². The molecule has 0 radical (unpaired) electrons. The average Bonchev–Trinajstić information content (AvgIpc) is 3.14. The van der Waals surface area contributed by atoms with E-state index in [1.807, 2.05) is 38.1 Å². The Balaban J connectivity index is 1.74. The third kappa shape index (κ3) is 4.75. The van der Waals surface area contributed by atoms with Crippen LogP contribution in [0.3, 0.4) is 0 Å². The highest BCUT2D eigenvalue weighted by Gasteiger charge is 2.38. The second-order valence-corrected chi connectivity index (χ2v) is 10.4. The first kappa shape index (κ1) is 24.1. The van der Waals surface area contributed by atoms with Crippen molar-refractivity contribution < 1.29 is 19.2 Å². The van der Waals surface area contributed by atoms with Crippen molar-refractivity contribution in [2.75, 3.05) is 6.54 Å². The van der Waals surface area contributed by atoms with Crippen LogP contribution in [-0.4, -0.2) is 38.9 Å². The zero-order chi connectivity index (χ0) is 24.6. The Bertz CT molecular complexity index is 1200. The number of hydrogen-bond acceptors (Lipinski definition) is 5. The number of benzene rings is 2. The summed E-state index contributed by atoms with van der Waals surface area (Å²) in [7, 11) is 0. The lowest BCUT2D eigenvalue weighted by atomic mass is 9.79. The van der Waals surface area contributed by atoms with Crippen LogP contribution in [-0.2, 0) is 6.42 Å². The molecular weight excluding hydrogens is 454 g/mol. The Labute approximate surface area is 204 Å². The van der Waals surface area contributed by atoms with Crippen molar-refractivity contribution >= 4 is 17.7 Å². The Morgan fingerprint density at radius 1 is 1.26 bits per heavy atom. The lowest BCUT2D eigenvalue weighted by Crippen LogP contribution is -2.40. The summed E-state index contributed by atoms with van der Waals surface area (Å²) in [5.41, 5.74) is 3.34. The number of aromatic nitrogens is 2. The smallest absolute Gasteiger partial charge is 0.407 e. The molecule has 2 aromatic carbocycles. The van der Waals surface area contributed by atoms with Gasteiger partial charge in [-0.3, -0.25) is 0 Å². The standard InChI is InChI=1S/C26H30ClN3O4/c1-15(2)33-21-12-11-16(14-20(21)27)24-28-23(29-34-24)19-9-6-8-18-17(19)10-7-13-30(25(31)32)22(18)26(3,4)5/h6,8-9,11-12,14-15,22H,7,10,13H2,1-5H3,(H,31,32). The van der Waals surface area contributed by atoms with Crippen LogP contribution in [0.15, 0.2) is 40.9 Å². The van der Waals surface area contributed by atoms with Crippen molar-refractivity contribution in [3.63, 3.8) is 0 Å². The van der Waals surface area contributed by atoms with E-state index in [4.69, 9.17) is 20.9 Å². The molecular formula is C26H30ClN3O4. The number of halogens is 1. The van der Waals surface area contributed by atoms with Crippen LogP contribution in [0.5, 0.6) is 5.75 Å². The monoisotopic (exact) mass is 483 g/mol. The molecule has 8 heteroatoms. The maximum Gasteiger partial charge on any atom is 0.407 e. The van der Waals surface area contributed by atoms with Crippen LogP contribution < -0.4 is 4.74 Å². The molecule has 1 aliphatic heterocycles. The van der Waals surface area contributed by atoms with Crippen molar-refractivity contribution in [3.8, 4) is 28.6 Å². The van der Waals surface area contributed by atoms with Crippen LogP contribution in [0.2, 0.25) is 5.02 Å². The van der Waals surface area contributed by atoms with E-state index in [-0.39, 0.29) is 17.6 Å². The van der Waals surface area contributed by atoms with Crippen molar-refractivity contribution in [2.24, 2.45) is 5.41 Å². The van der Waals surface area contributed by atoms with Gasteiger partial charge in [-0.25, -0.2) is 4.79 Å². The minimum Gasteiger partial charge on any atom is -0.489 e. The number of ether oxygens (including phenoxy) is 1. The summed E-state index contributed by atoms with van der Waals surface area (Å²) in [6, 6.07) is 11.0. The Morgan fingerprint density at radius 3 is 2.68 bits per heavy atom. The van der Waals surface area contributed by atoms with Crippen LogP contribution in [0, 0.1) is 5.41 Å². The first-order valence-electron chi connectivity index (χ1n) is 11.5. The highest BCUT2D eigenvalue weighted by atomic mass is 35.5. The van der Waals surface area contributed by atoms with Gasteiger partial charge in [0.15, 0.2) is 0 Å². The normalized spacial score (nSPS) is 16.3. The van der Waals surface area contributed by atoms with Crippen LogP contribution >= 0.6 is 11.6 Å². The highest BCUT2D eigenvalue weighted by Crippen LogP contribution is 2.44. The maximum atomic E-state index is 12.1. The number of fused-ring (bicyclic) bond motifs is 1. The highest BCUT2D eigenvalue weighted by molar-refractivity contribution is 6.32. The fraction of sp³-hybridized carbons (Fsp3) is 0.423. The zero-order valence-electron chi connectivity index (χ0n) is 20.1. The Hall–Kier alpha value is -3.06. The number of carboxylic acid groups (broad SMARTS) is 1. The van der Waals surface area contributed by atoms with E-state index in [1.165, 1.54) is 0 Å². The number of nitrogens with zero attached hydrogens (tertiary/aromatic N) is 3. The van der Waals surface area contributed by atoms with E-state index in [9.17, 15) is 9.90 Å². The quantitative estimate of drug-likeness (QED) is 0.436. The number of carbonyl (C=O) groups is 1.